The van der Waals surface area contributed by atoms with Crippen LogP contribution in [0.5, 0.6) is 0 Å². The number of ether oxygens (including phenoxy) is 2. The van der Waals surface area contributed by atoms with E-state index in [1.54, 1.807) is 0 Å². The van der Waals surface area contributed by atoms with Gasteiger partial charge in [-0.25, -0.2) is 0 Å². The molecule has 0 spiro atoms. The van der Waals surface area contributed by atoms with Gasteiger partial charge in [-0.05, 0) is 17.5 Å². The molecule has 0 aliphatic carbocycles. The minimum Gasteiger partial charge on any atom is -0.379 e. The molecule has 1 aromatic rings. The Balaban J connectivity index is 1.64. The molecule has 1 aromatic carbocycles. The van der Waals surface area contributed by atoms with Crippen LogP contribution in [0.15, 0.2) is 29.2 Å². The molecule has 100 valence electrons. The van der Waals surface area contributed by atoms with Gasteiger partial charge >= 0.3 is 0 Å². The minimum atomic E-state index is 0.552. The summed E-state index contributed by atoms with van der Waals surface area (Å²) >= 11 is 1.94. The van der Waals surface area contributed by atoms with Gasteiger partial charge in [-0.15, -0.1) is 11.8 Å². The molecular weight excluding hydrogens is 244 g/mol. The first-order valence-corrected chi connectivity index (χ1v) is 7.63. The summed E-state index contributed by atoms with van der Waals surface area (Å²) in [5.74, 6) is 2.30. The Labute approximate surface area is 114 Å². The van der Waals surface area contributed by atoms with E-state index in [1.807, 2.05) is 11.8 Å². The normalized spacial score (nSPS) is 18.3. The topological polar surface area (TPSA) is 18.5 Å². The van der Waals surface area contributed by atoms with Crippen molar-refractivity contribution < 1.29 is 9.47 Å². The SMILES string of the molecule is CC(C)COCCOCC1CSc2ccccc21. The van der Waals surface area contributed by atoms with Crippen molar-refractivity contribution >= 4 is 11.8 Å². The lowest BCUT2D eigenvalue weighted by Gasteiger charge is -2.12. The summed E-state index contributed by atoms with van der Waals surface area (Å²) < 4.78 is 11.2. The first kappa shape index (κ1) is 13.9. The van der Waals surface area contributed by atoms with Gasteiger partial charge in [0.2, 0.25) is 0 Å². The molecular formula is C15H22O2S. The summed E-state index contributed by atoms with van der Waals surface area (Å²) in [5, 5.41) is 0. The second kappa shape index (κ2) is 7.17. The van der Waals surface area contributed by atoms with Gasteiger partial charge in [-0.1, -0.05) is 32.0 Å². The zero-order valence-electron chi connectivity index (χ0n) is 11.2. The third-order valence-corrected chi connectivity index (χ3v) is 4.19. The maximum atomic E-state index is 5.72. The predicted molar refractivity (Wildman–Crippen MR) is 76.4 cm³/mol. The van der Waals surface area contributed by atoms with Crippen molar-refractivity contribution in [2.75, 3.05) is 32.2 Å². The molecule has 0 radical (unpaired) electrons. The Morgan fingerprint density at radius 1 is 1.22 bits per heavy atom. The molecule has 0 N–H and O–H groups in total. The van der Waals surface area contributed by atoms with Gasteiger partial charge in [0.15, 0.2) is 0 Å². The van der Waals surface area contributed by atoms with Gasteiger partial charge in [0.05, 0.1) is 19.8 Å². The number of hydrogen-bond acceptors (Lipinski definition) is 3. The van der Waals surface area contributed by atoms with Crippen LogP contribution in [-0.4, -0.2) is 32.2 Å². The van der Waals surface area contributed by atoms with Crippen LogP contribution >= 0.6 is 11.8 Å². The Hall–Kier alpha value is -0.510. The lowest BCUT2D eigenvalue weighted by Crippen LogP contribution is -2.12. The van der Waals surface area contributed by atoms with Gasteiger partial charge in [0, 0.05) is 23.2 Å². The summed E-state index contributed by atoms with van der Waals surface area (Å²) in [4.78, 5) is 1.42. The van der Waals surface area contributed by atoms with Crippen molar-refractivity contribution in [2.45, 2.75) is 24.7 Å². The maximum absolute atomic E-state index is 5.72. The lowest BCUT2D eigenvalue weighted by atomic mass is 10.0. The fourth-order valence-corrected chi connectivity index (χ4v) is 3.26. The molecule has 0 bridgehead atoms. The van der Waals surface area contributed by atoms with Crippen LogP contribution < -0.4 is 0 Å². The van der Waals surface area contributed by atoms with E-state index in [2.05, 4.69) is 38.1 Å². The number of hydrogen-bond donors (Lipinski definition) is 0. The van der Waals surface area contributed by atoms with Crippen LogP contribution in [0, 0.1) is 5.92 Å². The molecule has 18 heavy (non-hydrogen) atoms. The molecule has 2 rings (SSSR count). The highest BCUT2D eigenvalue weighted by atomic mass is 32.2. The van der Waals surface area contributed by atoms with Crippen LogP contribution in [0.25, 0.3) is 0 Å². The molecule has 0 amide bonds. The van der Waals surface area contributed by atoms with Crippen molar-refractivity contribution in [2.24, 2.45) is 5.92 Å². The van der Waals surface area contributed by atoms with E-state index >= 15 is 0 Å². The second-order valence-corrected chi connectivity index (χ2v) is 6.15. The fourth-order valence-electron chi connectivity index (χ4n) is 2.03. The number of fused-ring (bicyclic) bond motifs is 1. The molecule has 0 saturated carbocycles. The summed E-state index contributed by atoms with van der Waals surface area (Å²) in [7, 11) is 0. The molecule has 2 nitrogen and oxygen atoms in total. The minimum absolute atomic E-state index is 0.552. The Bertz CT molecular complexity index is 365. The molecule has 0 aromatic heterocycles. The van der Waals surface area contributed by atoms with Crippen LogP contribution in [0.2, 0.25) is 0 Å². The van der Waals surface area contributed by atoms with Crippen LogP contribution in [0.1, 0.15) is 25.3 Å². The van der Waals surface area contributed by atoms with Gasteiger partial charge in [0.25, 0.3) is 0 Å². The summed E-state index contributed by atoms with van der Waals surface area (Å²) in [6.45, 7) is 7.37. The van der Waals surface area contributed by atoms with Gasteiger partial charge in [0.1, 0.15) is 0 Å². The zero-order chi connectivity index (χ0) is 12.8. The highest BCUT2D eigenvalue weighted by Crippen LogP contribution is 2.39. The number of thioether (sulfide) groups is 1. The van der Waals surface area contributed by atoms with E-state index in [1.165, 1.54) is 10.5 Å². The van der Waals surface area contributed by atoms with Crippen LogP contribution in [0.3, 0.4) is 0 Å². The first-order valence-electron chi connectivity index (χ1n) is 6.64. The van der Waals surface area contributed by atoms with Crippen molar-refractivity contribution in [1.29, 1.82) is 0 Å². The second-order valence-electron chi connectivity index (χ2n) is 5.09. The Kier molecular flexibility index (Phi) is 5.54. The Morgan fingerprint density at radius 2 is 2.00 bits per heavy atom. The van der Waals surface area contributed by atoms with Crippen molar-refractivity contribution in [3.8, 4) is 0 Å². The number of benzene rings is 1. The van der Waals surface area contributed by atoms with Crippen molar-refractivity contribution in [1.82, 2.24) is 0 Å². The van der Waals surface area contributed by atoms with E-state index in [0.717, 1.165) is 19.0 Å². The van der Waals surface area contributed by atoms with E-state index in [-0.39, 0.29) is 0 Å². The van der Waals surface area contributed by atoms with Crippen molar-refractivity contribution in [3.63, 3.8) is 0 Å². The molecule has 0 fully saturated rings. The van der Waals surface area contributed by atoms with Gasteiger partial charge in [-0.2, -0.15) is 0 Å². The van der Waals surface area contributed by atoms with E-state index in [0.29, 0.717) is 25.0 Å². The first-order chi connectivity index (χ1) is 8.77. The molecule has 1 heterocycles. The smallest absolute Gasteiger partial charge is 0.0700 e. The largest absolute Gasteiger partial charge is 0.379 e. The highest BCUT2D eigenvalue weighted by Gasteiger charge is 2.22. The average molecular weight is 266 g/mol. The van der Waals surface area contributed by atoms with Crippen molar-refractivity contribution in [3.05, 3.63) is 29.8 Å². The molecule has 1 aliphatic rings. The van der Waals surface area contributed by atoms with Gasteiger partial charge in [-0.3, -0.25) is 0 Å². The van der Waals surface area contributed by atoms with E-state index in [9.17, 15) is 0 Å². The Morgan fingerprint density at radius 3 is 2.83 bits per heavy atom. The summed E-state index contributed by atoms with van der Waals surface area (Å²) in [6, 6.07) is 8.64. The third kappa shape index (κ3) is 4.01. The molecule has 1 atom stereocenters. The lowest BCUT2D eigenvalue weighted by molar-refractivity contribution is 0.0345. The van der Waals surface area contributed by atoms with E-state index < -0.39 is 0 Å². The van der Waals surface area contributed by atoms with Crippen LogP contribution in [-0.2, 0) is 9.47 Å². The van der Waals surface area contributed by atoms with Crippen LogP contribution in [0.4, 0.5) is 0 Å². The highest BCUT2D eigenvalue weighted by molar-refractivity contribution is 7.99. The van der Waals surface area contributed by atoms with E-state index in [4.69, 9.17) is 9.47 Å². The monoisotopic (exact) mass is 266 g/mol. The third-order valence-electron chi connectivity index (χ3n) is 2.94. The zero-order valence-corrected chi connectivity index (χ0v) is 12.0. The maximum Gasteiger partial charge on any atom is 0.0700 e. The standard InChI is InChI=1S/C15H22O2S/c1-12(2)9-16-7-8-17-10-13-11-18-15-6-4-3-5-14(13)15/h3-6,12-13H,7-11H2,1-2H3. The summed E-state index contributed by atoms with van der Waals surface area (Å²) in [5.41, 5.74) is 1.45. The molecule has 0 saturated heterocycles. The number of rotatable bonds is 7. The van der Waals surface area contributed by atoms with Gasteiger partial charge < -0.3 is 9.47 Å². The summed E-state index contributed by atoms with van der Waals surface area (Å²) in [6.07, 6.45) is 0. The average Bonchev–Trinajstić information content (AvgIpc) is 2.77. The predicted octanol–water partition coefficient (Wildman–Crippen LogP) is 3.57. The molecule has 1 unspecified atom stereocenters. The fraction of sp³-hybridized carbons (Fsp3) is 0.600. The molecule has 1 aliphatic heterocycles. The quantitative estimate of drug-likeness (QED) is 0.703. The molecule has 3 heteroatoms.